The average molecular weight is 439 g/mol. The minimum atomic E-state index is -4.25. The Kier molecular flexibility index (Phi) is 15.7. The highest BCUT2D eigenvalue weighted by molar-refractivity contribution is 14.0. The summed E-state index contributed by atoms with van der Waals surface area (Å²) in [6, 6.07) is 0. The molecule has 8 heteroatoms. The normalized spacial score (nSPS) is 12.2. The molecule has 0 aromatic rings. The van der Waals surface area contributed by atoms with Gasteiger partial charge in [0.25, 0.3) is 0 Å². The summed E-state index contributed by atoms with van der Waals surface area (Å²) in [7, 11) is 0. The number of halogens is 4. The van der Waals surface area contributed by atoms with Gasteiger partial charge >= 0.3 is 6.18 Å². The Bertz CT molecular complexity index is 285. The van der Waals surface area contributed by atoms with Crippen molar-refractivity contribution in [3.8, 4) is 0 Å². The van der Waals surface area contributed by atoms with E-state index >= 15 is 0 Å². The number of alkyl halides is 3. The first kappa shape index (κ1) is 24.0. The van der Waals surface area contributed by atoms with Crippen LogP contribution in [0.15, 0.2) is 4.99 Å². The van der Waals surface area contributed by atoms with Crippen molar-refractivity contribution in [1.82, 2.24) is 10.6 Å². The summed E-state index contributed by atoms with van der Waals surface area (Å²) < 4.78 is 40.1. The van der Waals surface area contributed by atoms with Crippen LogP contribution >= 0.6 is 24.0 Å². The molecular formula is C14H29F3IN3O. The summed E-state index contributed by atoms with van der Waals surface area (Å²) in [5.74, 6) is 1.27. The number of hydrogen-bond donors (Lipinski definition) is 2. The van der Waals surface area contributed by atoms with Gasteiger partial charge in [0.05, 0.1) is 0 Å². The maximum absolute atomic E-state index is 11.9. The Morgan fingerprint density at radius 2 is 1.77 bits per heavy atom. The van der Waals surface area contributed by atoms with E-state index in [0.717, 1.165) is 25.9 Å². The number of aliphatic imine (C=N–C) groups is 1. The van der Waals surface area contributed by atoms with Gasteiger partial charge in [-0.1, -0.05) is 26.7 Å². The molecule has 22 heavy (non-hydrogen) atoms. The van der Waals surface area contributed by atoms with Crippen LogP contribution in [-0.4, -0.2) is 45.0 Å². The highest BCUT2D eigenvalue weighted by Crippen LogP contribution is 2.14. The molecule has 2 N–H and O–H groups in total. The van der Waals surface area contributed by atoms with E-state index in [9.17, 15) is 13.2 Å². The number of ether oxygens (including phenoxy) is 1. The van der Waals surface area contributed by atoms with Gasteiger partial charge in [-0.05, 0) is 19.3 Å². The van der Waals surface area contributed by atoms with E-state index in [2.05, 4.69) is 34.2 Å². The molecule has 0 aliphatic rings. The minimum Gasteiger partial charge on any atom is -0.372 e. The lowest BCUT2D eigenvalue weighted by Crippen LogP contribution is -2.38. The van der Waals surface area contributed by atoms with Crippen molar-refractivity contribution >= 4 is 29.9 Å². The van der Waals surface area contributed by atoms with Gasteiger partial charge in [0, 0.05) is 26.2 Å². The molecular weight excluding hydrogens is 410 g/mol. The quantitative estimate of drug-likeness (QED) is 0.237. The Balaban J connectivity index is 0. The summed E-state index contributed by atoms with van der Waals surface area (Å²) in [5.41, 5.74) is 0. The molecule has 0 fully saturated rings. The Morgan fingerprint density at radius 1 is 1.14 bits per heavy atom. The van der Waals surface area contributed by atoms with Crippen LogP contribution in [0.3, 0.4) is 0 Å². The molecule has 0 aromatic carbocycles. The highest BCUT2D eigenvalue weighted by atomic mass is 127. The second kappa shape index (κ2) is 14.3. The first-order valence-corrected chi connectivity index (χ1v) is 7.59. The third-order valence-corrected chi connectivity index (χ3v) is 3.03. The van der Waals surface area contributed by atoms with Gasteiger partial charge in [-0.2, -0.15) is 13.2 Å². The monoisotopic (exact) mass is 439 g/mol. The maximum atomic E-state index is 11.9. The van der Waals surface area contributed by atoms with Crippen molar-refractivity contribution in [2.45, 2.75) is 46.2 Å². The standard InChI is InChI=1S/C14H28F3N3O.HI/c1-4-12(5-2)10-20-13(18-6-3)19-8-7-9-21-11-14(15,16)17;/h12H,4-11H2,1-3H3,(H2,18,19,20);1H. The van der Waals surface area contributed by atoms with Crippen molar-refractivity contribution in [3.05, 3.63) is 0 Å². The van der Waals surface area contributed by atoms with Gasteiger partial charge in [-0.25, -0.2) is 0 Å². The minimum absolute atomic E-state index is 0. The smallest absolute Gasteiger partial charge is 0.372 e. The molecule has 0 aliphatic heterocycles. The van der Waals surface area contributed by atoms with Crippen LogP contribution in [0.25, 0.3) is 0 Å². The van der Waals surface area contributed by atoms with Gasteiger partial charge < -0.3 is 15.4 Å². The molecule has 134 valence electrons. The molecule has 4 nitrogen and oxygen atoms in total. The molecule has 0 radical (unpaired) electrons. The Morgan fingerprint density at radius 3 is 2.27 bits per heavy atom. The van der Waals surface area contributed by atoms with Crippen molar-refractivity contribution in [1.29, 1.82) is 0 Å². The van der Waals surface area contributed by atoms with Gasteiger partial charge in [0.15, 0.2) is 5.96 Å². The van der Waals surface area contributed by atoms with E-state index in [0.29, 0.717) is 24.8 Å². The zero-order valence-corrected chi connectivity index (χ0v) is 16.0. The lowest BCUT2D eigenvalue weighted by molar-refractivity contribution is -0.173. The topological polar surface area (TPSA) is 45.7 Å². The van der Waals surface area contributed by atoms with Crippen LogP contribution in [0.5, 0.6) is 0 Å². The van der Waals surface area contributed by atoms with Crippen molar-refractivity contribution < 1.29 is 17.9 Å². The van der Waals surface area contributed by atoms with E-state index in [1.54, 1.807) is 0 Å². The van der Waals surface area contributed by atoms with Gasteiger partial charge in [-0.15, -0.1) is 24.0 Å². The van der Waals surface area contributed by atoms with Crippen LogP contribution in [-0.2, 0) is 4.74 Å². The third kappa shape index (κ3) is 14.7. The molecule has 0 aromatic heterocycles. The van der Waals surface area contributed by atoms with E-state index in [1.165, 1.54) is 0 Å². The van der Waals surface area contributed by atoms with E-state index in [4.69, 9.17) is 0 Å². The zero-order chi connectivity index (χ0) is 16.1. The number of guanidine groups is 1. The first-order valence-electron chi connectivity index (χ1n) is 7.59. The highest BCUT2D eigenvalue weighted by Gasteiger charge is 2.27. The molecule has 0 spiro atoms. The Hall–Kier alpha value is -0.250. The Labute approximate surface area is 148 Å². The van der Waals surface area contributed by atoms with Crippen LogP contribution in [0.1, 0.15) is 40.0 Å². The van der Waals surface area contributed by atoms with E-state index in [-0.39, 0.29) is 30.6 Å². The van der Waals surface area contributed by atoms with Crippen LogP contribution in [0, 0.1) is 5.92 Å². The third-order valence-electron chi connectivity index (χ3n) is 3.03. The summed E-state index contributed by atoms with van der Waals surface area (Å²) in [4.78, 5) is 4.49. The molecule has 0 unspecified atom stereocenters. The first-order chi connectivity index (χ1) is 9.92. The molecule has 0 bridgehead atoms. The predicted octanol–water partition coefficient (Wildman–Crippen LogP) is 3.56. The van der Waals surface area contributed by atoms with Crippen molar-refractivity contribution in [2.75, 3.05) is 32.8 Å². The van der Waals surface area contributed by atoms with Crippen LogP contribution in [0.2, 0.25) is 0 Å². The van der Waals surface area contributed by atoms with Gasteiger partial charge in [-0.3, -0.25) is 4.99 Å². The largest absolute Gasteiger partial charge is 0.411 e. The van der Waals surface area contributed by atoms with Crippen LogP contribution < -0.4 is 10.6 Å². The molecule has 0 saturated carbocycles. The second-order valence-corrected chi connectivity index (χ2v) is 4.85. The molecule has 0 heterocycles. The summed E-state index contributed by atoms with van der Waals surface area (Å²) in [5, 5.41) is 6.22. The molecule has 0 rings (SSSR count). The number of nitrogens with zero attached hydrogens (tertiary/aromatic N) is 1. The maximum Gasteiger partial charge on any atom is 0.411 e. The fourth-order valence-corrected chi connectivity index (χ4v) is 1.68. The molecule has 0 saturated heterocycles. The lowest BCUT2D eigenvalue weighted by Gasteiger charge is -2.14. The summed E-state index contributed by atoms with van der Waals surface area (Å²) >= 11 is 0. The summed E-state index contributed by atoms with van der Waals surface area (Å²) in [6.45, 7) is 7.19. The average Bonchev–Trinajstić information content (AvgIpc) is 2.42. The van der Waals surface area contributed by atoms with Crippen molar-refractivity contribution in [2.24, 2.45) is 10.9 Å². The fraction of sp³-hybridized carbons (Fsp3) is 0.929. The molecule has 0 atom stereocenters. The van der Waals surface area contributed by atoms with Crippen molar-refractivity contribution in [3.63, 3.8) is 0 Å². The SMILES string of the molecule is CCNC(=NCC(CC)CC)NCCCOCC(F)(F)F.I. The summed E-state index contributed by atoms with van der Waals surface area (Å²) in [6.07, 6.45) is -1.57. The number of rotatable bonds is 10. The van der Waals surface area contributed by atoms with Gasteiger partial charge in [0.1, 0.15) is 6.61 Å². The predicted molar refractivity (Wildman–Crippen MR) is 95.0 cm³/mol. The number of hydrogen-bond acceptors (Lipinski definition) is 2. The second-order valence-electron chi connectivity index (χ2n) is 4.85. The zero-order valence-electron chi connectivity index (χ0n) is 13.6. The fourth-order valence-electron chi connectivity index (χ4n) is 1.68. The molecule has 0 aliphatic carbocycles. The van der Waals surface area contributed by atoms with E-state index in [1.807, 2.05) is 6.92 Å². The van der Waals surface area contributed by atoms with Gasteiger partial charge in [0.2, 0.25) is 0 Å². The molecule has 0 amide bonds. The van der Waals surface area contributed by atoms with E-state index < -0.39 is 12.8 Å². The number of nitrogens with one attached hydrogen (secondary N) is 2. The van der Waals surface area contributed by atoms with Crippen LogP contribution in [0.4, 0.5) is 13.2 Å². The lowest BCUT2D eigenvalue weighted by atomic mass is 10.0.